The SMILES string of the molecule is C/C=C\C1=C(C)C(=O)OC12c1ccc(N(C)C)cc1Oc1cc(N(C)C)ccc12. The number of benzene rings is 2. The molecule has 0 unspecified atom stereocenters. The lowest BCUT2D eigenvalue weighted by Crippen LogP contribution is -2.34. The van der Waals surface area contributed by atoms with Crippen LogP contribution in [0.25, 0.3) is 0 Å². The van der Waals surface area contributed by atoms with Crippen LogP contribution in [0.3, 0.4) is 0 Å². The van der Waals surface area contributed by atoms with Crippen LogP contribution in [0.4, 0.5) is 11.4 Å². The van der Waals surface area contributed by atoms with Crippen molar-refractivity contribution in [3.63, 3.8) is 0 Å². The Kier molecular flexibility index (Phi) is 4.41. The lowest BCUT2D eigenvalue weighted by Gasteiger charge is -2.38. The maximum Gasteiger partial charge on any atom is 0.335 e. The zero-order chi connectivity index (χ0) is 20.9. The van der Waals surface area contributed by atoms with Crippen LogP contribution in [0.15, 0.2) is 59.7 Å². The largest absolute Gasteiger partial charge is 0.456 e. The van der Waals surface area contributed by atoms with Crippen LogP contribution in [0.1, 0.15) is 25.0 Å². The van der Waals surface area contributed by atoms with Crippen molar-refractivity contribution in [1.29, 1.82) is 0 Å². The van der Waals surface area contributed by atoms with E-state index in [0.29, 0.717) is 17.1 Å². The molecule has 0 atom stereocenters. The molecule has 0 bridgehead atoms. The summed E-state index contributed by atoms with van der Waals surface area (Å²) in [7, 11) is 7.96. The number of ether oxygens (including phenoxy) is 2. The molecule has 0 fully saturated rings. The number of hydrogen-bond donors (Lipinski definition) is 0. The molecule has 2 aliphatic heterocycles. The van der Waals surface area contributed by atoms with E-state index in [2.05, 4.69) is 0 Å². The lowest BCUT2D eigenvalue weighted by atomic mass is 9.77. The summed E-state index contributed by atoms with van der Waals surface area (Å²) in [5.74, 6) is 1.10. The molecule has 0 aromatic heterocycles. The third-order valence-corrected chi connectivity index (χ3v) is 5.61. The summed E-state index contributed by atoms with van der Waals surface area (Å²) in [6.45, 7) is 3.77. The Morgan fingerprint density at radius 3 is 1.86 bits per heavy atom. The highest BCUT2D eigenvalue weighted by molar-refractivity contribution is 5.95. The van der Waals surface area contributed by atoms with Gasteiger partial charge in [0.1, 0.15) is 11.5 Å². The highest BCUT2D eigenvalue weighted by Gasteiger charge is 2.53. The van der Waals surface area contributed by atoms with Crippen molar-refractivity contribution in [1.82, 2.24) is 0 Å². The minimum atomic E-state index is -1.01. The van der Waals surface area contributed by atoms with Gasteiger partial charge >= 0.3 is 5.97 Å². The van der Waals surface area contributed by atoms with Crippen molar-refractivity contribution < 1.29 is 14.3 Å². The quantitative estimate of drug-likeness (QED) is 0.716. The minimum absolute atomic E-state index is 0.301. The second-order valence-electron chi connectivity index (χ2n) is 7.86. The predicted molar refractivity (Wildman–Crippen MR) is 116 cm³/mol. The molecular weight excluding hydrogens is 364 g/mol. The van der Waals surface area contributed by atoms with Crippen LogP contribution >= 0.6 is 0 Å². The maximum absolute atomic E-state index is 12.7. The van der Waals surface area contributed by atoms with Crippen LogP contribution < -0.4 is 14.5 Å². The number of allylic oxidation sites excluding steroid dienone is 1. The summed E-state index contributed by atoms with van der Waals surface area (Å²) in [5, 5.41) is 0. The molecule has 0 amide bonds. The molecule has 2 aromatic carbocycles. The summed E-state index contributed by atoms with van der Waals surface area (Å²) in [6.07, 6.45) is 3.92. The number of anilines is 2. The molecular formula is C24H26N2O3. The molecule has 0 radical (unpaired) electrons. The topological polar surface area (TPSA) is 42.0 Å². The van der Waals surface area contributed by atoms with E-state index in [1.54, 1.807) is 0 Å². The fraction of sp³-hybridized carbons (Fsp3) is 0.292. The van der Waals surface area contributed by atoms with Gasteiger partial charge < -0.3 is 19.3 Å². The number of hydrogen-bond acceptors (Lipinski definition) is 5. The number of carbonyl (C=O) groups excluding carboxylic acids is 1. The van der Waals surface area contributed by atoms with Gasteiger partial charge in [0.05, 0.1) is 0 Å². The molecule has 0 saturated heterocycles. The second-order valence-corrected chi connectivity index (χ2v) is 7.86. The molecule has 2 aromatic rings. The first-order valence-corrected chi connectivity index (χ1v) is 9.68. The number of fused-ring (bicyclic) bond motifs is 4. The zero-order valence-electron chi connectivity index (χ0n) is 17.7. The number of carbonyl (C=O) groups is 1. The van der Waals surface area contributed by atoms with Gasteiger partial charge in [0.25, 0.3) is 0 Å². The van der Waals surface area contributed by atoms with E-state index >= 15 is 0 Å². The summed E-state index contributed by atoms with van der Waals surface area (Å²) < 4.78 is 12.5. The van der Waals surface area contributed by atoms with Gasteiger partial charge in [0.15, 0.2) is 5.60 Å². The molecule has 0 saturated carbocycles. The molecule has 2 aliphatic rings. The maximum atomic E-state index is 12.7. The standard InChI is InChI=1S/C24H26N2O3/c1-7-8-18-15(2)23(27)29-24(18)19-11-9-16(25(3)4)13-21(19)28-22-14-17(26(5)6)10-12-20(22)24/h7-14H,1-6H3/b8-7-. The van der Waals surface area contributed by atoms with Gasteiger partial charge in [0, 0.05) is 74.0 Å². The smallest absolute Gasteiger partial charge is 0.335 e. The van der Waals surface area contributed by atoms with E-state index in [9.17, 15) is 4.79 Å². The van der Waals surface area contributed by atoms with E-state index in [-0.39, 0.29) is 5.97 Å². The van der Waals surface area contributed by atoms with Gasteiger partial charge in [0.2, 0.25) is 0 Å². The minimum Gasteiger partial charge on any atom is -0.456 e. The van der Waals surface area contributed by atoms with Crippen LogP contribution in [-0.4, -0.2) is 34.2 Å². The Morgan fingerprint density at radius 2 is 1.41 bits per heavy atom. The fourth-order valence-electron chi connectivity index (χ4n) is 4.05. The van der Waals surface area contributed by atoms with Crippen LogP contribution in [0.5, 0.6) is 11.5 Å². The Morgan fingerprint density at radius 1 is 0.897 bits per heavy atom. The Labute approximate surface area is 171 Å². The van der Waals surface area contributed by atoms with Crippen LogP contribution in [0, 0.1) is 0 Å². The monoisotopic (exact) mass is 390 g/mol. The van der Waals surface area contributed by atoms with Crippen molar-refractivity contribution in [2.24, 2.45) is 0 Å². The zero-order valence-corrected chi connectivity index (χ0v) is 17.7. The van der Waals surface area contributed by atoms with Gasteiger partial charge in [-0.15, -0.1) is 0 Å². The number of nitrogens with zero attached hydrogens (tertiary/aromatic N) is 2. The van der Waals surface area contributed by atoms with E-state index in [1.807, 2.05) is 100 Å². The predicted octanol–water partition coefficient (Wildman–Crippen LogP) is 4.62. The first-order valence-electron chi connectivity index (χ1n) is 9.68. The molecule has 1 spiro atoms. The van der Waals surface area contributed by atoms with Crippen LogP contribution in [0.2, 0.25) is 0 Å². The Bertz CT molecular complexity index is 1010. The molecule has 5 heteroatoms. The average molecular weight is 390 g/mol. The average Bonchev–Trinajstić information content (AvgIpc) is 2.93. The summed E-state index contributed by atoms with van der Waals surface area (Å²) in [4.78, 5) is 16.8. The summed E-state index contributed by atoms with van der Waals surface area (Å²) in [6, 6.07) is 12.1. The van der Waals surface area contributed by atoms with E-state index < -0.39 is 5.60 Å². The van der Waals surface area contributed by atoms with Crippen molar-refractivity contribution in [3.05, 3.63) is 70.8 Å². The first-order chi connectivity index (χ1) is 13.8. The third kappa shape index (κ3) is 2.72. The third-order valence-electron chi connectivity index (χ3n) is 5.61. The molecule has 29 heavy (non-hydrogen) atoms. The molecule has 0 aliphatic carbocycles. The lowest BCUT2D eigenvalue weighted by molar-refractivity contribution is -0.145. The Hall–Kier alpha value is -3.21. The van der Waals surface area contributed by atoms with Gasteiger partial charge in [-0.05, 0) is 38.1 Å². The molecule has 150 valence electrons. The molecule has 0 N–H and O–H groups in total. The summed E-state index contributed by atoms with van der Waals surface area (Å²) >= 11 is 0. The molecule has 5 nitrogen and oxygen atoms in total. The number of rotatable bonds is 3. The van der Waals surface area contributed by atoms with E-state index in [4.69, 9.17) is 9.47 Å². The fourth-order valence-corrected chi connectivity index (χ4v) is 4.05. The number of esters is 1. The van der Waals surface area contributed by atoms with Gasteiger partial charge in [-0.3, -0.25) is 0 Å². The molecule has 2 heterocycles. The normalized spacial score (nSPS) is 16.6. The van der Waals surface area contributed by atoms with Crippen molar-refractivity contribution in [3.8, 4) is 11.5 Å². The highest BCUT2D eigenvalue weighted by atomic mass is 16.6. The Balaban J connectivity index is 2.05. The van der Waals surface area contributed by atoms with Crippen molar-refractivity contribution >= 4 is 17.3 Å². The van der Waals surface area contributed by atoms with E-state index in [0.717, 1.165) is 28.1 Å². The van der Waals surface area contributed by atoms with Crippen LogP contribution in [-0.2, 0) is 15.1 Å². The van der Waals surface area contributed by atoms with Crippen molar-refractivity contribution in [2.45, 2.75) is 19.4 Å². The first kappa shape index (κ1) is 19.1. The van der Waals surface area contributed by atoms with Gasteiger partial charge in [-0.2, -0.15) is 0 Å². The summed E-state index contributed by atoms with van der Waals surface area (Å²) in [5.41, 5.74) is 4.18. The van der Waals surface area contributed by atoms with Gasteiger partial charge in [-0.1, -0.05) is 12.2 Å². The highest BCUT2D eigenvalue weighted by Crippen LogP contribution is 2.57. The van der Waals surface area contributed by atoms with Crippen molar-refractivity contribution in [2.75, 3.05) is 38.0 Å². The molecule has 4 rings (SSSR count). The van der Waals surface area contributed by atoms with Gasteiger partial charge in [-0.25, -0.2) is 4.79 Å². The second kappa shape index (κ2) is 6.69. The van der Waals surface area contributed by atoms with E-state index in [1.165, 1.54) is 0 Å².